The van der Waals surface area contributed by atoms with E-state index in [1.807, 2.05) is 12.1 Å². The quantitative estimate of drug-likeness (QED) is 0.461. The van der Waals surface area contributed by atoms with Crippen LogP contribution in [0.5, 0.6) is 0 Å². The molecular formula is C15H24FN3S. The van der Waals surface area contributed by atoms with Gasteiger partial charge in [0, 0.05) is 31.1 Å². The van der Waals surface area contributed by atoms with Gasteiger partial charge in [-0.25, -0.2) is 4.39 Å². The van der Waals surface area contributed by atoms with E-state index in [-0.39, 0.29) is 5.82 Å². The summed E-state index contributed by atoms with van der Waals surface area (Å²) in [6.45, 7) is 5.07. The highest BCUT2D eigenvalue weighted by Crippen LogP contribution is 2.14. The van der Waals surface area contributed by atoms with Gasteiger partial charge in [0.25, 0.3) is 0 Å². The van der Waals surface area contributed by atoms with Crippen molar-refractivity contribution in [3.05, 3.63) is 35.6 Å². The molecule has 5 heteroatoms. The van der Waals surface area contributed by atoms with Gasteiger partial charge in [-0.15, -0.1) is 0 Å². The summed E-state index contributed by atoms with van der Waals surface area (Å²) in [4.78, 5) is 4.17. The minimum atomic E-state index is -0.123. The minimum absolute atomic E-state index is 0.123. The maximum atomic E-state index is 13.4. The molecule has 1 aromatic carbocycles. The van der Waals surface area contributed by atoms with Crippen LogP contribution < -0.4 is 10.6 Å². The molecule has 0 aliphatic heterocycles. The van der Waals surface area contributed by atoms with Gasteiger partial charge in [0.1, 0.15) is 5.82 Å². The van der Waals surface area contributed by atoms with Gasteiger partial charge in [0.05, 0.1) is 0 Å². The Kier molecular flexibility index (Phi) is 8.11. The van der Waals surface area contributed by atoms with Gasteiger partial charge in [0.15, 0.2) is 5.96 Å². The number of nitrogens with zero attached hydrogens (tertiary/aromatic N) is 1. The molecule has 112 valence electrons. The number of aliphatic imine (C=N–C) groups is 1. The van der Waals surface area contributed by atoms with Crippen LogP contribution in [0.25, 0.3) is 0 Å². The van der Waals surface area contributed by atoms with Crippen molar-refractivity contribution in [2.75, 3.05) is 19.3 Å². The molecule has 0 saturated heterocycles. The number of rotatable bonds is 7. The van der Waals surface area contributed by atoms with Gasteiger partial charge < -0.3 is 10.6 Å². The first-order valence-electron chi connectivity index (χ1n) is 6.95. The van der Waals surface area contributed by atoms with Crippen LogP contribution in [0.2, 0.25) is 0 Å². The van der Waals surface area contributed by atoms with E-state index in [0.29, 0.717) is 11.8 Å². The fraction of sp³-hybridized carbons (Fsp3) is 0.533. The van der Waals surface area contributed by atoms with Crippen molar-refractivity contribution in [2.24, 2.45) is 4.99 Å². The van der Waals surface area contributed by atoms with Crippen LogP contribution in [0.1, 0.15) is 25.8 Å². The Morgan fingerprint density at radius 3 is 2.80 bits per heavy atom. The Hall–Kier alpha value is -1.23. The maximum absolute atomic E-state index is 13.4. The average molecular weight is 297 g/mol. The summed E-state index contributed by atoms with van der Waals surface area (Å²) in [5.74, 6) is 2.31. The summed E-state index contributed by atoms with van der Waals surface area (Å²) in [6, 6.07) is 7.34. The number of hydrogen-bond acceptors (Lipinski definition) is 2. The molecule has 0 amide bonds. The van der Waals surface area contributed by atoms with Gasteiger partial charge >= 0.3 is 0 Å². The van der Waals surface area contributed by atoms with Crippen LogP contribution in [0.15, 0.2) is 29.3 Å². The van der Waals surface area contributed by atoms with Crippen LogP contribution in [-0.2, 0) is 5.75 Å². The largest absolute Gasteiger partial charge is 0.356 e. The fourth-order valence-corrected chi connectivity index (χ4v) is 2.41. The topological polar surface area (TPSA) is 36.4 Å². The lowest BCUT2D eigenvalue weighted by molar-refractivity contribution is 0.617. The van der Waals surface area contributed by atoms with E-state index in [9.17, 15) is 4.39 Å². The van der Waals surface area contributed by atoms with Crippen molar-refractivity contribution in [3.63, 3.8) is 0 Å². The Labute approximate surface area is 125 Å². The van der Waals surface area contributed by atoms with Crippen LogP contribution in [0.4, 0.5) is 4.39 Å². The second-order valence-corrected chi connectivity index (χ2v) is 5.70. The Balaban J connectivity index is 2.20. The highest BCUT2D eigenvalue weighted by atomic mass is 32.2. The zero-order valence-corrected chi connectivity index (χ0v) is 13.3. The molecule has 20 heavy (non-hydrogen) atoms. The number of guanidine groups is 1. The zero-order valence-electron chi connectivity index (χ0n) is 12.4. The molecular weight excluding hydrogens is 273 g/mol. The molecule has 1 unspecified atom stereocenters. The molecule has 0 spiro atoms. The van der Waals surface area contributed by atoms with Crippen LogP contribution in [0.3, 0.4) is 0 Å². The zero-order chi connectivity index (χ0) is 14.8. The number of nitrogens with one attached hydrogen (secondary N) is 2. The number of benzene rings is 1. The van der Waals surface area contributed by atoms with Crippen molar-refractivity contribution in [3.8, 4) is 0 Å². The summed E-state index contributed by atoms with van der Waals surface area (Å²) in [7, 11) is 1.77. The van der Waals surface area contributed by atoms with E-state index >= 15 is 0 Å². The van der Waals surface area contributed by atoms with E-state index in [1.54, 1.807) is 24.9 Å². The molecule has 3 nitrogen and oxygen atoms in total. The van der Waals surface area contributed by atoms with Gasteiger partial charge in [-0.3, -0.25) is 4.99 Å². The van der Waals surface area contributed by atoms with Crippen LogP contribution in [-0.4, -0.2) is 31.3 Å². The Bertz CT molecular complexity index is 423. The Morgan fingerprint density at radius 2 is 2.15 bits per heavy atom. The highest BCUT2D eigenvalue weighted by Gasteiger charge is 2.03. The van der Waals surface area contributed by atoms with Gasteiger partial charge in [-0.2, -0.15) is 11.8 Å². The standard InChI is InChI=1S/C15H24FN3S/c1-4-12(2)19-15(17-3)18-9-10-20-11-13-7-5-6-8-14(13)16/h5-8,12H,4,9-11H2,1-3H3,(H2,17,18,19). The van der Waals surface area contributed by atoms with Gasteiger partial charge in [-0.1, -0.05) is 25.1 Å². The van der Waals surface area contributed by atoms with Gasteiger partial charge in [0.2, 0.25) is 0 Å². The predicted molar refractivity (Wildman–Crippen MR) is 86.8 cm³/mol. The summed E-state index contributed by atoms with van der Waals surface area (Å²) in [5.41, 5.74) is 0.764. The lowest BCUT2D eigenvalue weighted by atomic mass is 10.2. The van der Waals surface area contributed by atoms with Crippen molar-refractivity contribution >= 4 is 17.7 Å². The highest BCUT2D eigenvalue weighted by molar-refractivity contribution is 7.98. The van der Waals surface area contributed by atoms with Crippen LogP contribution in [0, 0.1) is 5.82 Å². The minimum Gasteiger partial charge on any atom is -0.356 e. The van der Waals surface area contributed by atoms with E-state index in [0.717, 1.165) is 30.2 Å². The van der Waals surface area contributed by atoms with Crippen molar-refractivity contribution in [1.29, 1.82) is 0 Å². The number of halogens is 1. The molecule has 0 saturated carbocycles. The van der Waals surface area contributed by atoms with Crippen molar-refractivity contribution in [2.45, 2.75) is 32.1 Å². The number of thioether (sulfide) groups is 1. The SMILES string of the molecule is CCC(C)NC(=NC)NCCSCc1ccccc1F. The molecule has 1 aromatic rings. The third-order valence-electron chi connectivity index (χ3n) is 2.97. The van der Waals surface area contributed by atoms with Gasteiger partial charge in [-0.05, 0) is 25.0 Å². The summed E-state index contributed by atoms with van der Waals surface area (Å²) >= 11 is 1.71. The molecule has 1 atom stereocenters. The third-order valence-corrected chi connectivity index (χ3v) is 3.98. The molecule has 0 radical (unpaired) electrons. The second-order valence-electron chi connectivity index (χ2n) is 4.60. The molecule has 2 N–H and O–H groups in total. The van der Waals surface area contributed by atoms with E-state index in [4.69, 9.17) is 0 Å². The first-order valence-corrected chi connectivity index (χ1v) is 8.11. The Morgan fingerprint density at radius 1 is 1.40 bits per heavy atom. The first kappa shape index (κ1) is 16.8. The lowest BCUT2D eigenvalue weighted by Gasteiger charge is -2.16. The summed E-state index contributed by atoms with van der Waals surface area (Å²) in [6.07, 6.45) is 1.06. The molecule has 0 heterocycles. The summed E-state index contributed by atoms with van der Waals surface area (Å²) < 4.78 is 13.4. The summed E-state index contributed by atoms with van der Waals surface area (Å²) in [5, 5.41) is 6.56. The van der Waals surface area contributed by atoms with E-state index in [2.05, 4.69) is 29.5 Å². The fourth-order valence-electron chi connectivity index (χ4n) is 1.57. The molecule has 0 aliphatic rings. The first-order chi connectivity index (χ1) is 9.67. The molecule has 0 aliphatic carbocycles. The van der Waals surface area contributed by atoms with Crippen LogP contribution >= 0.6 is 11.8 Å². The molecule has 0 bridgehead atoms. The predicted octanol–water partition coefficient (Wildman–Crippen LogP) is 3.02. The van der Waals surface area contributed by atoms with Crippen molar-refractivity contribution in [1.82, 2.24) is 10.6 Å². The number of hydrogen-bond donors (Lipinski definition) is 2. The average Bonchev–Trinajstić information content (AvgIpc) is 2.47. The van der Waals surface area contributed by atoms with Crippen molar-refractivity contribution < 1.29 is 4.39 Å². The van der Waals surface area contributed by atoms with E-state index in [1.165, 1.54) is 6.07 Å². The molecule has 1 rings (SSSR count). The molecule has 0 aromatic heterocycles. The third kappa shape index (κ3) is 6.28. The smallest absolute Gasteiger partial charge is 0.191 e. The lowest BCUT2D eigenvalue weighted by Crippen LogP contribution is -2.42. The second kappa shape index (κ2) is 9.64. The monoisotopic (exact) mass is 297 g/mol. The normalized spacial score (nSPS) is 13.1. The maximum Gasteiger partial charge on any atom is 0.191 e. The van der Waals surface area contributed by atoms with E-state index < -0.39 is 0 Å². The molecule has 0 fully saturated rings.